The molecule has 0 aliphatic heterocycles. The number of hydrogen-bond donors (Lipinski definition) is 1. The van der Waals surface area contributed by atoms with Gasteiger partial charge in [0.05, 0.1) is 7.11 Å². The maximum atomic E-state index is 13.2. The molecule has 0 heterocycles. The molecule has 0 radical (unpaired) electrons. The van der Waals surface area contributed by atoms with Gasteiger partial charge in [-0.15, -0.1) is 0 Å². The largest absolute Gasteiger partial charge is 0.494 e. The Labute approximate surface area is 103 Å². The van der Waals surface area contributed by atoms with Crippen molar-refractivity contribution in [3.8, 4) is 5.75 Å². The molecular weight excluding hydrogens is 217 g/mol. The minimum absolute atomic E-state index is 0.261. The Hall–Kier alpha value is -1.25. The van der Waals surface area contributed by atoms with Crippen molar-refractivity contribution in [2.24, 2.45) is 11.3 Å². The summed E-state index contributed by atoms with van der Waals surface area (Å²) < 4.78 is 18.2. The van der Waals surface area contributed by atoms with E-state index in [1.54, 1.807) is 12.1 Å². The average molecular weight is 239 g/mol. The van der Waals surface area contributed by atoms with E-state index in [1.165, 1.54) is 13.2 Å². The van der Waals surface area contributed by atoms with Crippen molar-refractivity contribution >= 4 is 5.69 Å². The second-order valence-corrected chi connectivity index (χ2v) is 5.50. The van der Waals surface area contributed by atoms with Crippen molar-refractivity contribution in [1.82, 2.24) is 0 Å². The first-order valence-electron chi connectivity index (χ1n) is 5.92. The molecule has 17 heavy (non-hydrogen) atoms. The molecule has 0 aliphatic rings. The molecule has 3 heteroatoms. The fourth-order valence-electron chi connectivity index (χ4n) is 1.35. The number of nitrogens with one attached hydrogen (secondary N) is 1. The Balaban J connectivity index is 2.64. The molecule has 1 unspecified atom stereocenters. The standard InChI is InChI=1S/C14H22FNO/c1-10(14(2,3)4)9-16-11-6-7-12(15)13(8-11)17-5/h6-8,10,16H,9H2,1-5H3. The van der Waals surface area contributed by atoms with Crippen LogP contribution in [0.2, 0.25) is 0 Å². The van der Waals surface area contributed by atoms with E-state index >= 15 is 0 Å². The molecule has 1 N–H and O–H groups in total. The minimum Gasteiger partial charge on any atom is -0.494 e. The molecule has 1 atom stereocenters. The summed E-state index contributed by atoms with van der Waals surface area (Å²) in [5, 5.41) is 3.31. The second-order valence-electron chi connectivity index (χ2n) is 5.50. The summed E-state index contributed by atoms with van der Waals surface area (Å²) in [4.78, 5) is 0. The van der Waals surface area contributed by atoms with Crippen LogP contribution in [-0.4, -0.2) is 13.7 Å². The lowest BCUT2D eigenvalue weighted by atomic mass is 9.82. The maximum absolute atomic E-state index is 13.2. The van der Waals surface area contributed by atoms with Crippen LogP contribution in [0.15, 0.2) is 18.2 Å². The highest BCUT2D eigenvalue weighted by Gasteiger charge is 2.19. The van der Waals surface area contributed by atoms with Gasteiger partial charge in [-0.25, -0.2) is 4.39 Å². The molecule has 1 aromatic rings. The number of benzene rings is 1. The average Bonchev–Trinajstić information content (AvgIpc) is 2.26. The van der Waals surface area contributed by atoms with Gasteiger partial charge in [0.2, 0.25) is 0 Å². The molecule has 0 bridgehead atoms. The summed E-state index contributed by atoms with van der Waals surface area (Å²) in [6, 6.07) is 4.83. The van der Waals surface area contributed by atoms with Crippen LogP contribution in [0.1, 0.15) is 27.7 Å². The summed E-state index contributed by atoms with van der Waals surface area (Å²) in [7, 11) is 1.47. The van der Waals surface area contributed by atoms with Crippen molar-refractivity contribution in [2.45, 2.75) is 27.7 Å². The molecule has 2 nitrogen and oxygen atoms in total. The van der Waals surface area contributed by atoms with Gasteiger partial charge in [-0.05, 0) is 23.5 Å². The number of rotatable bonds is 4. The molecule has 0 aliphatic carbocycles. The molecule has 0 spiro atoms. The van der Waals surface area contributed by atoms with Crippen LogP contribution in [0.3, 0.4) is 0 Å². The van der Waals surface area contributed by atoms with E-state index in [2.05, 4.69) is 33.0 Å². The highest BCUT2D eigenvalue weighted by molar-refractivity contribution is 5.48. The Bertz CT molecular complexity index is 371. The molecule has 0 fully saturated rings. The Morgan fingerprint density at radius 1 is 1.35 bits per heavy atom. The van der Waals surface area contributed by atoms with E-state index < -0.39 is 0 Å². The highest BCUT2D eigenvalue weighted by Crippen LogP contribution is 2.26. The number of anilines is 1. The van der Waals surface area contributed by atoms with E-state index in [0.29, 0.717) is 5.92 Å². The van der Waals surface area contributed by atoms with Crippen LogP contribution in [0, 0.1) is 17.2 Å². The predicted molar refractivity (Wildman–Crippen MR) is 70.1 cm³/mol. The van der Waals surface area contributed by atoms with Crippen molar-refractivity contribution in [3.05, 3.63) is 24.0 Å². The first-order valence-corrected chi connectivity index (χ1v) is 5.92. The van der Waals surface area contributed by atoms with Crippen LogP contribution < -0.4 is 10.1 Å². The summed E-state index contributed by atoms with van der Waals surface area (Å²) in [6.45, 7) is 9.70. The van der Waals surface area contributed by atoms with E-state index in [9.17, 15) is 4.39 Å². The first kappa shape index (κ1) is 13.8. The molecule has 1 rings (SSSR count). The lowest BCUT2D eigenvalue weighted by Crippen LogP contribution is -2.24. The number of halogens is 1. The van der Waals surface area contributed by atoms with Gasteiger partial charge in [-0.2, -0.15) is 0 Å². The summed E-state index contributed by atoms with van der Waals surface area (Å²) >= 11 is 0. The van der Waals surface area contributed by atoms with Crippen LogP contribution in [0.25, 0.3) is 0 Å². The lowest BCUT2D eigenvalue weighted by Gasteiger charge is -2.27. The van der Waals surface area contributed by atoms with Crippen LogP contribution >= 0.6 is 0 Å². The minimum atomic E-state index is -0.332. The Kier molecular flexibility index (Phi) is 4.38. The lowest BCUT2D eigenvalue weighted by molar-refractivity contribution is 0.274. The van der Waals surface area contributed by atoms with Crippen LogP contribution in [0.4, 0.5) is 10.1 Å². The molecule has 0 saturated carbocycles. The third-order valence-corrected chi connectivity index (χ3v) is 3.24. The topological polar surface area (TPSA) is 21.3 Å². The normalized spacial score (nSPS) is 13.3. The zero-order valence-corrected chi connectivity index (χ0v) is 11.3. The molecule has 96 valence electrons. The van der Waals surface area contributed by atoms with E-state index in [0.717, 1.165) is 12.2 Å². The third kappa shape index (κ3) is 3.91. The Morgan fingerprint density at radius 3 is 2.53 bits per heavy atom. The van der Waals surface area contributed by atoms with Gasteiger partial charge in [0.1, 0.15) is 0 Å². The quantitative estimate of drug-likeness (QED) is 0.859. The third-order valence-electron chi connectivity index (χ3n) is 3.24. The maximum Gasteiger partial charge on any atom is 0.165 e. The Morgan fingerprint density at radius 2 is 2.00 bits per heavy atom. The monoisotopic (exact) mass is 239 g/mol. The number of ether oxygens (including phenoxy) is 1. The smallest absolute Gasteiger partial charge is 0.165 e. The van der Waals surface area contributed by atoms with E-state index in [1.807, 2.05) is 0 Å². The number of hydrogen-bond acceptors (Lipinski definition) is 2. The fraction of sp³-hybridized carbons (Fsp3) is 0.571. The SMILES string of the molecule is COc1cc(NCC(C)C(C)(C)C)ccc1F. The van der Waals surface area contributed by atoms with E-state index in [-0.39, 0.29) is 17.0 Å². The van der Waals surface area contributed by atoms with E-state index in [4.69, 9.17) is 4.74 Å². The molecular formula is C14H22FNO. The van der Waals surface area contributed by atoms with Crippen molar-refractivity contribution in [2.75, 3.05) is 19.0 Å². The van der Waals surface area contributed by atoms with Crippen molar-refractivity contribution in [1.29, 1.82) is 0 Å². The van der Waals surface area contributed by atoms with Crippen LogP contribution in [0.5, 0.6) is 5.75 Å². The fourth-order valence-corrected chi connectivity index (χ4v) is 1.35. The number of methoxy groups -OCH3 is 1. The van der Waals surface area contributed by atoms with Gasteiger partial charge in [-0.1, -0.05) is 27.7 Å². The summed E-state index contributed by atoms with van der Waals surface area (Å²) in [5.41, 5.74) is 1.15. The molecule has 0 saturated heterocycles. The van der Waals surface area contributed by atoms with Gasteiger partial charge in [0.15, 0.2) is 11.6 Å². The summed E-state index contributed by atoms with van der Waals surface area (Å²) in [5.74, 6) is 0.471. The second kappa shape index (κ2) is 5.39. The zero-order chi connectivity index (χ0) is 13.1. The zero-order valence-electron chi connectivity index (χ0n) is 11.3. The van der Waals surface area contributed by atoms with Gasteiger partial charge >= 0.3 is 0 Å². The van der Waals surface area contributed by atoms with Crippen molar-refractivity contribution in [3.63, 3.8) is 0 Å². The van der Waals surface area contributed by atoms with Gasteiger partial charge in [0.25, 0.3) is 0 Å². The van der Waals surface area contributed by atoms with Gasteiger partial charge < -0.3 is 10.1 Å². The summed E-state index contributed by atoms with van der Waals surface area (Å²) in [6.07, 6.45) is 0. The van der Waals surface area contributed by atoms with Gasteiger partial charge in [0, 0.05) is 18.3 Å². The highest BCUT2D eigenvalue weighted by atomic mass is 19.1. The first-order chi connectivity index (χ1) is 7.84. The molecule has 0 aromatic heterocycles. The molecule has 0 amide bonds. The molecule has 1 aromatic carbocycles. The predicted octanol–water partition coefficient (Wildman–Crippen LogP) is 3.93. The van der Waals surface area contributed by atoms with Crippen LogP contribution in [-0.2, 0) is 0 Å². The van der Waals surface area contributed by atoms with Crippen molar-refractivity contribution < 1.29 is 9.13 Å². The van der Waals surface area contributed by atoms with Gasteiger partial charge in [-0.3, -0.25) is 0 Å².